The van der Waals surface area contributed by atoms with Gasteiger partial charge in [0.2, 0.25) is 0 Å². The Morgan fingerprint density at radius 2 is 2.25 bits per heavy atom. The highest BCUT2D eigenvalue weighted by molar-refractivity contribution is 14.1. The van der Waals surface area contributed by atoms with Gasteiger partial charge in [0.05, 0.1) is 12.5 Å². The molecule has 1 N–H and O–H groups in total. The predicted octanol–water partition coefficient (Wildman–Crippen LogP) is 2.68. The van der Waals surface area contributed by atoms with Crippen LogP contribution >= 0.6 is 22.6 Å². The molecule has 1 unspecified atom stereocenters. The van der Waals surface area contributed by atoms with E-state index in [1.165, 1.54) is 0 Å². The zero-order chi connectivity index (χ0) is 14.7. The Morgan fingerprint density at radius 1 is 1.50 bits per heavy atom. The number of aliphatic carboxylic acids is 1. The summed E-state index contributed by atoms with van der Waals surface area (Å²) >= 11 is 2.26. The second-order valence-electron chi connectivity index (χ2n) is 4.54. The number of tetrazole rings is 1. The Labute approximate surface area is 130 Å². The van der Waals surface area contributed by atoms with E-state index in [1.54, 1.807) is 4.68 Å². The molecule has 0 bridgehead atoms. The van der Waals surface area contributed by atoms with Crippen LogP contribution in [0.4, 0.5) is 0 Å². The molecule has 0 spiro atoms. The zero-order valence-corrected chi connectivity index (χ0v) is 13.4. The summed E-state index contributed by atoms with van der Waals surface area (Å²) in [7, 11) is 0. The number of rotatable bonds is 5. The molecule has 2 aromatic rings. The molecule has 20 heavy (non-hydrogen) atoms. The van der Waals surface area contributed by atoms with E-state index in [0.717, 1.165) is 14.7 Å². The third kappa shape index (κ3) is 2.97. The first-order chi connectivity index (χ1) is 9.54. The van der Waals surface area contributed by atoms with Crippen molar-refractivity contribution in [3.63, 3.8) is 0 Å². The summed E-state index contributed by atoms with van der Waals surface area (Å²) in [4.78, 5) is 10.9. The highest BCUT2D eigenvalue weighted by Gasteiger charge is 2.21. The molecule has 0 aliphatic rings. The Balaban J connectivity index is 2.47. The molecule has 0 amide bonds. The van der Waals surface area contributed by atoms with Gasteiger partial charge in [-0.15, -0.1) is 5.10 Å². The third-order valence-electron chi connectivity index (χ3n) is 3.15. The standard InChI is InChI=1S/C13H15IN4O2/c1-3-9(7-11(19)20)18-13(15-16-17-18)10-6-4-5-8(2)12(10)14/h4-6,9H,3,7H2,1-2H3,(H,19,20). The first-order valence-electron chi connectivity index (χ1n) is 6.29. The van der Waals surface area contributed by atoms with E-state index in [4.69, 9.17) is 5.11 Å². The molecule has 1 aromatic carbocycles. The molecule has 2 rings (SSSR count). The fourth-order valence-corrected chi connectivity index (χ4v) is 2.64. The predicted molar refractivity (Wildman–Crippen MR) is 82.3 cm³/mol. The van der Waals surface area contributed by atoms with Gasteiger partial charge in [0.1, 0.15) is 0 Å². The topological polar surface area (TPSA) is 80.9 Å². The van der Waals surface area contributed by atoms with Crippen LogP contribution in [0.25, 0.3) is 11.4 Å². The van der Waals surface area contributed by atoms with Gasteiger partial charge in [-0.2, -0.15) is 0 Å². The molecule has 0 fully saturated rings. The molecule has 0 saturated heterocycles. The second kappa shape index (κ2) is 6.29. The first kappa shape index (κ1) is 14.9. The molecule has 1 aromatic heterocycles. The lowest BCUT2D eigenvalue weighted by atomic mass is 10.1. The van der Waals surface area contributed by atoms with E-state index in [0.29, 0.717) is 12.2 Å². The van der Waals surface area contributed by atoms with Gasteiger partial charge in [-0.3, -0.25) is 4.79 Å². The van der Waals surface area contributed by atoms with Crippen molar-refractivity contribution in [2.45, 2.75) is 32.7 Å². The van der Waals surface area contributed by atoms with E-state index in [2.05, 4.69) is 38.1 Å². The molecule has 7 heteroatoms. The average molecular weight is 386 g/mol. The quantitative estimate of drug-likeness (QED) is 0.800. The van der Waals surface area contributed by atoms with Gasteiger partial charge in [-0.1, -0.05) is 25.1 Å². The summed E-state index contributed by atoms with van der Waals surface area (Å²) in [5, 5.41) is 20.7. The van der Waals surface area contributed by atoms with Crippen molar-refractivity contribution in [3.8, 4) is 11.4 Å². The number of carboxylic acid groups (broad SMARTS) is 1. The lowest BCUT2D eigenvalue weighted by Crippen LogP contribution is -2.16. The largest absolute Gasteiger partial charge is 0.481 e. The summed E-state index contributed by atoms with van der Waals surface area (Å²) in [6, 6.07) is 5.68. The molecule has 0 saturated carbocycles. The molecule has 0 aliphatic carbocycles. The number of halogens is 1. The van der Waals surface area contributed by atoms with Crippen LogP contribution in [0.3, 0.4) is 0 Å². The molecule has 1 atom stereocenters. The molecule has 1 heterocycles. The Kier molecular flexibility index (Phi) is 4.69. The van der Waals surface area contributed by atoms with E-state index in [-0.39, 0.29) is 12.5 Å². The molecular weight excluding hydrogens is 371 g/mol. The minimum Gasteiger partial charge on any atom is -0.481 e. The number of aromatic nitrogens is 4. The second-order valence-corrected chi connectivity index (χ2v) is 5.62. The van der Waals surface area contributed by atoms with Gasteiger partial charge in [-0.05, 0) is 51.9 Å². The van der Waals surface area contributed by atoms with Crippen molar-refractivity contribution in [3.05, 3.63) is 27.3 Å². The number of hydrogen-bond donors (Lipinski definition) is 1. The number of hydrogen-bond acceptors (Lipinski definition) is 4. The highest BCUT2D eigenvalue weighted by atomic mass is 127. The fraction of sp³-hybridized carbons (Fsp3) is 0.385. The van der Waals surface area contributed by atoms with Crippen molar-refractivity contribution < 1.29 is 9.90 Å². The summed E-state index contributed by atoms with van der Waals surface area (Å²) in [6.45, 7) is 3.95. The van der Waals surface area contributed by atoms with Gasteiger partial charge in [0.25, 0.3) is 0 Å². The fourth-order valence-electron chi connectivity index (χ4n) is 2.04. The van der Waals surface area contributed by atoms with E-state index < -0.39 is 5.97 Å². The maximum absolute atomic E-state index is 10.9. The van der Waals surface area contributed by atoms with E-state index in [9.17, 15) is 4.79 Å². The maximum Gasteiger partial charge on any atom is 0.305 e. The maximum atomic E-state index is 10.9. The number of benzene rings is 1. The highest BCUT2D eigenvalue weighted by Crippen LogP contribution is 2.28. The van der Waals surface area contributed by atoms with Crippen molar-refractivity contribution >= 4 is 28.6 Å². The van der Waals surface area contributed by atoms with Crippen LogP contribution < -0.4 is 0 Å². The van der Waals surface area contributed by atoms with Crippen LogP contribution in [0.1, 0.15) is 31.4 Å². The minimum absolute atomic E-state index is 0.0108. The number of carbonyl (C=O) groups is 1. The van der Waals surface area contributed by atoms with Crippen LogP contribution in [0, 0.1) is 10.5 Å². The van der Waals surface area contributed by atoms with Crippen molar-refractivity contribution in [1.29, 1.82) is 0 Å². The Morgan fingerprint density at radius 3 is 2.90 bits per heavy atom. The Bertz CT molecular complexity index is 627. The van der Waals surface area contributed by atoms with Gasteiger partial charge in [-0.25, -0.2) is 4.68 Å². The van der Waals surface area contributed by atoms with E-state index in [1.807, 2.05) is 32.0 Å². The summed E-state index contributed by atoms with van der Waals surface area (Å²) in [6.07, 6.45) is 0.670. The zero-order valence-electron chi connectivity index (χ0n) is 11.2. The lowest BCUT2D eigenvalue weighted by molar-refractivity contribution is -0.138. The van der Waals surface area contributed by atoms with Crippen molar-refractivity contribution in [2.24, 2.45) is 0 Å². The molecule has 6 nitrogen and oxygen atoms in total. The SMILES string of the molecule is CCC(CC(=O)O)n1nnnc1-c1cccc(C)c1I. The summed E-state index contributed by atoms with van der Waals surface area (Å²) in [5.74, 6) is -0.233. The molecular formula is C13H15IN4O2. The van der Waals surface area contributed by atoms with Gasteiger partial charge < -0.3 is 5.11 Å². The average Bonchev–Trinajstić information content (AvgIpc) is 2.88. The summed E-state index contributed by atoms with van der Waals surface area (Å²) < 4.78 is 2.69. The minimum atomic E-state index is -0.850. The smallest absolute Gasteiger partial charge is 0.305 e. The van der Waals surface area contributed by atoms with Gasteiger partial charge in [0, 0.05) is 9.13 Å². The van der Waals surface area contributed by atoms with Crippen LogP contribution in [-0.2, 0) is 4.79 Å². The normalized spacial score (nSPS) is 12.3. The lowest BCUT2D eigenvalue weighted by Gasteiger charge is -2.15. The Hall–Kier alpha value is -1.51. The molecule has 106 valence electrons. The number of carboxylic acids is 1. The molecule has 0 radical (unpaired) electrons. The van der Waals surface area contributed by atoms with E-state index >= 15 is 0 Å². The van der Waals surface area contributed by atoms with Crippen LogP contribution in [0.5, 0.6) is 0 Å². The third-order valence-corrected chi connectivity index (χ3v) is 4.58. The van der Waals surface area contributed by atoms with Gasteiger partial charge in [0.15, 0.2) is 5.82 Å². The molecule has 0 aliphatic heterocycles. The van der Waals surface area contributed by atoms with Crippen LogP contribution in [0.2, 0.25) is 0 Å². The monoisotopic (exact) mass is 386 g/mol. The number of aryl methyl sites for hydroxylation is 1. The van der Waals surface area contributed by atoms with Crippen LogP contribution in [-0.4, -0.2) is 31.3 Å². The van der Waals surface area contributed by atoms with Gasteiger partial charge >= 0.3 is 5.97 Å². The van der Waals surface area contributed by atoms with Crippen molar-refractivity contribution in [2.75, 3.05) is 0 Å². The van der Waals surface area contributed by atoms with Crippen molar-refractivity contribution in [1.82, 2.24) is 20.2 Å². The first-order valence-corrected chi connectivity index (χ1v) is 7.37. The summed E-state index contributed by atoms with van der Waals surface area (Å²) in [5.41, 5.74) is 2.07. The van der Waals surface area contributed by atoms with Crippen LogP contribution in [0.15, 0.2) is 18.2 Å². The number of nitrogens with zero attached hydrogens (tertiary/aromatic N) is 4.